The fourth-order valence-electron chi connectivity index (χ4n) is 0.906. The van der Waals surface area contributed by atoms with Crippen LogP contribution in [0.4, 0.5) is 0 Å². The van der Waals surface area contributed by atoms with Crippen molar-refractivity contribution in [2.75, 3.05) is 0 Å². The molecule has 0 aliphatic carbocycles. The molecule has 10 heteroatoms. The number of halogens is 6. The molecule has 0 unspecified atom stereocenters. The summed E-state index contributed by atoms with van der Waals surface area (Å²) in [7, 11) is 0. The first-order chi connectivity index (χ1) is 9.00. The molecule has 0 spiro atoms. The Bertz CT molecular complexity index is 455. The molecule has 0 N–H and O–H groups in total. The summed E-state index contributed by atoms with van der Waals surface area (Å²) in [5.74, 6) is -1.99. The maximum Gasteiger partial charge on any atom is 0.363 e. The topological polar surface area (TPSA) is 52.6 Å². The Morgan fingerprint density at radius 1 is 0.700 bits per heavy atom. The van der Waals surface area contributed by atoms with E-state index in [2.05, 4.69) is 0 Å². The van der Waals surface area contributed by atoms with Crippen LogP contribution in [0.3, 0.4) is 0 Å². The lowest BCUT2D eigenvalue weighted by atomic mass is 10.3. The number of rotatable bonds is 2. The van der Waals surface area contributed by atoms with Gasteiger partial charge in [0, 0.05) is 0 Å². The predicted octanol–water partition coefficient (Wildman–Crippen LogP) is 4.24. The van der Waals surface area contributed by atoms with E-state index in [4.69, 9.17) is 79.1 Å². The highest BCUT2D eigenvalue weighted by Gasteiger charge is 2.34. The number of hydrogen-bond donors (Lipinski definition) is 0. The van der Waals surface area contributed by atoms with Crippen LogP contribution in [0.25, 0.3) is 0 Å². The molecule has 0 amide bonds. The van der Waals surface area contributed by atoms with E-state index in [1.165, 1.54) is 24.3 Å². The van der Waals surface area contributed by atoms with E-state index in [0.717, 1.165) is 0 Å². The van der Waals surface area contributed by atoms with Gasteiger partial charge in [-0.05, 0) is 24.3 Å². The lowest BCUT2D eigenvalue weighted by Crippen LogP contribution is -2.25. The number of ether oxygens (including phenoxy) is 2. The zero-order valence-electron chi connectivity index (χ0n) is 9.21. The summed E-state index contributed by atoms with van der Waals surface area (Å²) in [5, 5.41) is 0. The minimum absolute atomic E-state index is 0.0787. The normalized spacial score (nSPS) is 11.9. The Kier molecular flexibility index (Phi) is 6.08. The molecule has 0 bridgehead atoms. The number of esters is 2. The van der Waals surface area contributed by atoms with E-state index in [9.17, 15) is 9.59 Å². The van der Waals surface area contributed by atoms with Crippen LogP contribution in [0.5, 0.6) is 11.5 Å². The molecule has 0 fully saturated rings. The van der Waals surface area contributed by atoms with Crippen LogP contribution in [-0.2, 0) is 9.59 Å². The van der Waals surface area contributed by atoms with Crippen molar-refractivity contribution in [3.8, 4) is 11.5 Å². The van der Waals surface area contributed by atoms with Crippen molar-refractivity contribution in [3.63, 3.8) is 0 Å². The van der Waals surface area contributed by atoms with Gasteiger partial charge < -0.3 is 9.47 Å². The average molecular weight is 401 g/mol. The molecule has 0 aromatic heterocycles. The molecule has 1 aromatic carbocycles. The molecule has 0 aliphatic rings. The van der Waals surface area contributed by atoms with E-state index >= 15 is 0 Å². The summed E-state index contributed by atoms with van der Waals surface area (Å²) in [6.45, 7) is 0. The lowest BCUT2D eigenvalue weighted by Gasteiger charge is -2.12. The van der Waals surface area contributed by atoms with E-state index in [-0.39, 0.29) is 11.5 Å². The zero-order valence-corrected chi connectivity index (χ0v) is 13.7. The molecule has 0 radical (unpaired) electrons. The Labute approximate surface area is 143 Å². The smallest absolute Gasteiger partial charge is 0.363 e. The molecular formula is C10H4Cl6O4. The van der Waals surface area contributed by atoms with E-state index < -0.39 is 19.5 Å². The molecule has 1 aromatic rings. The summed E-state index contributed by atoms with van der Waals surface area (Å²) in [5.41, 5.74) is 0. The van der Waals surface area contributed by atoms with Crippen LogP contribution in [0, 0.1) is 0 Å². The van der Waals surface area contributed by atoms with Crippen LogP contribution < -0.4 is 9.47 Å². The molecule has 1 rings (SSSR count). The van der Waals surface area contributed by atoms with Gasteiger partial charge in [0.15, 0.2) is 0 Å². The first-order valence-corrected chi connectivity index (χ1v) is 6.95. The molecule has 4 nitrogen and oxygen atoms in total. The number of hydrogen-bond acceptors (Lipinski definition) is 4. The maximum absolute atomic E-state index is 11.3. The van der Waals surface area contributed by atoms with Crippen molar-refractivity contribution in [1.29, 1.82) is 0 Å². The monoisotopic (exact) mass is 398 g/mol. The Balaban J connectivity index is 2.71. The minimum Gasteiger partial charge on any atom is -0.423 e. The summed E-state index contributed by atoms with van der Waals surface area (Å²) in [4.78, 5) is 22.5. The van der Waals surface area contributed by atoms with Crippen LogP contribution in [-0.4, -0.2) is 19.5 Å². The van der Waals surface area contributed by atoms with E-state index in [0.29, 0.717) is 0 Å². The average Bonchev–Trinajstić information content (AvgIpc) is 2.29. The second kappa shape index (κ2) is 6.77. The summed E-state index contributed by atoms with van der Waals surface area (Å²) >= 11 is 32.0. The number of carbonyl (C=O) groups excluding carboxylic acids is 2. The Hall–Kier alpha value is -0.1000. The van der Waals surface area contributed by atoms with Gasteiger partial charge in [-0.25, -0.2) is 9.59 Å². The quantitative estimate of drug-likeness (QED) is 0.423. The largest absolute Gasteiger partial charge is 0.423 e. The predicted molar refractivity (Wildman–Crippen MR) is 78.3 cm³/mol. The third kappa shape index (κ3) is 5.72. The highest BCUT2D eigenvalue weighted by Crippen LogP contribution is 2.30. The summed E-state index contributed by atoms with van der Waals surface area (Å²) < 4.78 is 5.12. The van der Waals surface area contributed by atoms with Gasteiger partial charge in [-0.3, -0.25) is 0 Å². The zero-order chi connectivity index (χ0) is 15.6. The standard InChI is InChI=1S/C10H4Cl6O4/c11-9(12,13)7(17)19-5-1-2-6(4-3-5)20-8(18)10(14,15)16/h1-4H. The molecular weight excluding hydrogens is 397 g/mol. The number of carbonyl (C=O) groups is 2. The second-order valence-electron chi connectivity index (χ2n) is 3.25. The number of benzene rings is 1. The van der Waals surface area contributed by atoms with Crippen molar-refractivity contribution >= 4 is 81.5 Å². The Morgan fingerprint density at radius 3 is 1.15 bits per heavy atom. The van der Waals surface area contributed by atoms with Gasteiger partial charge in [-0.2, -0.15) is 0 Å². The van der Waals surface area contributed by atoms with Crippen LogP contribution >= 0.6 is 69.6 Å². The summed E-state index contributed by atoms with van der Waals surface area (Å²) in [6.07, 6.45) is 0. The van der Waals surface area contributed by atoms with Crippen molar-refractivity contribution < 1.29 is 19.1 Å². The molecule has 0 heterocycles. The van der Waals surface area contributed by atoms with Crippen LogP contribution in [0.15, 0.2) is 24.3 Å². The maximum atomic E-state index is 11.3. The molecule has 0 aliphatic heterocycles. The van der Waals surface area contributed by atoms with Gasteiger partial charge in [0.25, 0.3) is 7.59 Å². The molecule has 0 atom stereocenters. The van der Waals surface area contributed by atoms with Gasteiger partial charge in [0.2, 0.25) is 0 Å². The molecule has 20 heavy (non-hydrogen) atoms. The third-order valence-electron chi connectivity index (χ3n) is 1.71. The van der Waals surface area contributed by atoms with Gasteiger partial charge in [-0.1, -0.05) is 69.6 Å². The Morgan fingerprint density at radius 2 is 0.950 bits per heavy atom. The highest BCUT2D eigenvalue weighted by atomic mass is 35.6. The fraction of sp³-hybridized carbons (Fsp3) is 0.200. The number of alkyl halides is 6. The van der Waals surface area contributed by atoms with Crippen molar-refractivity contribution in [1.82, 2.24) is 0 Å². The fourth-order valence-corrected chi connectivity index (χ4v) is 1.14. The van der Waals surface area contributed by atoms with Crippen molar-refractivity contribution in [3.05, 3.63) is 24.3 Å². The van der Waals surface area contributed by atoms with Crippen LogP contribution in [0.1, 0.15) is 0 Å². The minimum atomic E-state index is -2.19. The van der Waals surface area contributed by atoms with Gasteiger partial charge in [0.1, 0.15) is 11.5 Å². The summed E-state index contributed by atoms with van der Waals surface area (Å²) in [6, 6.07) is 5.20. The van der Waals surface area contributed by atoms with Gasteiger partial charge in [0.05, 0.1) is 0 Å². The lowest BCUT2D eigenvalue weighted by molar-refractivity contribution is -0.134. The third-order valence-corrected chi connectivity index (χ3v) is 2.63. The first kappa shape index (κ1) is 18.0. The van der Waals surface area contributed by atoms with Crippen LogP contribution in [0.2, 0.25) is 0 Å². The second-order valence-corrected chi connectivity index (χ2v) is 7.81. The van der Waals surface area contributed by atoms with Gasteiger partial charge >= 0.3 is 11.9 Å². The van der Waals surface area contributed by atoms with Crippen molar-refractivity contribution in [2.24, 2.45) is 0 Å². The first-order valence-electron chi connectivity index (χ1n) is 4.68. The SMILES string of the molecule is O=C(Oc1ccc(OC(=O)C(Cl)(Cl)Cl)cc1)C(Cl)(Cl)Cl. The molecule has 0 saturated carbocycles. The van der Waals surface area contributed by atoms with E-state index in [1.54, 1.807) is 0 Å². The molecule has 0 saturated heterocycles. The van der Waals surface area contributed by atoms with Gasteiger partial charge in [-0.15, -0.1) is 0 Å². The van der Waals surface area contributed by atoms with E-state index in [1.807, 2.05) is 0 Å². The molecule has 110 valence electrons. The highest BCUT2D eigenvalue weighted by molar-refractivity contribution is 6.76. The van der Waals surface area contributed by atoms with Crippen molar-refractivity contribution in [2.45, 2.75) is 7.59 Å².